The smallest absolute Gasteiger partial charge is 0.222 e. The third-order valence-electron chi connectivity index (χ3n) is 1.33. The molecule has 0 spiro atoms. The number of rotatable bonds is 0. The van der Waals surface area contributed by atoms with Crippen LogP contribution in [0.2, 0.25) is 0 Å². The van der Waals surface area contributed by atoms with Crippen molar-refractivity contribution in [1.29, 1.82) is 16.2 Å². The highest BCUT2D eigenvalue weighted by Crippen LogP contribution is 1.80. The number of isocyanates is 3. The molecule has 0 atom stereocenters. The van der Waals surface area contributed by atoms with Crippen molar-refractivity contribution in [3.05, 3.63) is 72.8 Å². The predicted octanol–water partition coefficient (Wildman–Crippen LogP) is 3.71. The summed E-state index contributed by atoms with van der Waals surface area (Å²) in [6.45, 7) is 0. The Morgan fingerprint density at radius 3 is 0.500 bits per heavy atom. The summed E-state index contributed by atoms with van der Waals surface area (Å²) in [7, 11) is 0. The number of nitrogens with one attached hydrogen (secondary N) is 3. The molecule has 2 aromatic rings. The molecule has 0 aromatic heterocycles. The van der Waals surface area contributed by atoms with Gasteiger partial charge in [0, 0.05) is 0 Å². The molecule has 0 amide bonds. The molecular weight excluding hydrogens is 282 g/mol. The van der Waals surface area contributed by atoms with Gasteiger partial charge in [0.2, 0.25) is 18.2 Å². The minimum absolute atomic E-state index is 0. The lowest BCUT2D eigenvalue weighted by Gasteiger charge is -1.69. The van der Waals surface area contributed by atoms with Crippen LogP contribution in [0, 0.1) is 16.2 Å². The van der Waals surface area contributed by atoms with Crippen molar-refractivity contribution in [2.75, 3.05) is 0 Å². The van der Waals surface area contributed by atoms with Gasteiger partial charge in [-0.1, -0.05) is 80.2 Å². The van der Waals surface area contributed by atoms with Crippen molar-refractivity contribution >= 4 is 18.2 Å². The van der Waals surface area contributed by atoms with E-state index in [2.05, 4.69) is 0 Å². The van der Waals surface area contributed by atoms with Crippen molar-refractivity contribution in [3.8, 4) is 0 Å². The summed E-state index contributed by atoms with van der Waals surface area (Å²) in [5.74, 6) is 0. The Labute approximate surface area is 130 Å². The van der Waals surface area contributed by atoms with Crippen LogP contribution in [0.1, 0.15) is 7.43 Å². The van der Waals surface area contributed by atoms with Crippen LogP contribution in [0.25, 0.3) is 0 Å². The number of hydrogen-bond acceptors (Lipinski definition) is 6. The molecule has 0 unspecified atom stereocenters. The fourth-order valence-corrected chi connectivity index (χ4v) is 0.770. The zero-order valence-corrected chi connectivity index (χ0v) is 11.2. The fourth-order valence-electron chi connectivity index (χ4n) is 0.770. The SMILES string of the molecule is C.N=C=O.N=C=O.N=C=O.c1ccccc1.c1ccccc1. The minimum Gasteiger partial charge on any atom is -0.222 e. The minimum atomic E-state index is 0. The molecule has 0 saturated carbocycles. The van der Waals surface area contributed by atoms with E-state index in [1.54, 1.807) is 0 Å². The standard InChI is InChI=1S/2C6H6.3CHNO.CH4/c2*1-2-4-6-5-3-1;3*2-1-3;/h2*1-6H;3*2H;1H4. The van der Waals surface area contributed by atoms with Gasteiger partial charge in [0.25, 0.3) is 0 Å². The lowest BCUT2D eigenvalue weighted by atomic mass is 10.4. The Morgan fingerprint density at radius 2 is 0.455 bits per heavy atom. The maximum absolute atomic E-state index is 8.35. The molecule has 0 aliphatic carbocycles. The van der Waals surface area contributed by atoms with E-state index in [1.807, 2.05) is 72.8 Å². The molecular formula is C16H19N3O3. The predicted molar refractivity (Wildman–Crippen MR) is 84.9 cm³/mol. The van der Waals surface area contributed by atoms with Gasteiger partial charge in [0.05, 0.1) is 0 Å². The molecule has 3 N–H and O–H groups in total. The first-order chi connectivity index (χ1) is 10.2. The average molecular weight is 301 g/mol. The number of benzene rings is 2. The highest BCUT2D eigenvalue weighted by Gasteiger charge is 1.58. The molecule has 116 valence electrons. The lowest BCUT2D eigenvalue weighted by Crippen LogP contribution is -1.47. The Kier molecular flexibility index (Phi) is 44.3. The Bertz CT molecular complexity index is 385. The van der Waals surface area contributed by atoms with Crippen LogP contribution < -0.4 is 0 Å². The van der Waals surface area contributed by atoms with E-state index in [-0.39, 0.29) is 7.43 Å². The van der Waals surface area contributed by atoms with Crippen molar-refractivity contribution < 1.29 is 14.4 Å². The van der Waals surface area contributed by atoms with Crippen LogP contribution in [0.3, 0.4) is 0 Å². The number of hydrogen-bond donors (Lipinski definition) is 3. The second-order valence-corrected chi connectivity index (χ2v) is 2.62. The quantitative estimate of drug-likeness (QED) is 0.507. The summed E-state index contributed by atoms with van der Waals surface area (Å²) in [6.07, 6.45) is 2.25. The van der Waals surface area contributed by atoms with Crippen LogP contribution in [0.15, 0.2) is 72.8 Å². The van der Waals surface area contributed by atoms with Gasteiger partial charge in [-0.25, -0.2) is 30.6 Å². The first-order valence-corrected chi connectivity index (χ1v) is 5.36. The third-order valence-corrected chi connectivity index (χ3v) is 1.33. The number of carbonyl (C=O) groups excluding carboxylic acids is 3. The largest absolute Gasteiger partial charge is 0.231 e. The van der Waals surface area contributed by atoms with Crippen molar-refractivity contribution in [3.63, 3.8) is 0 Å². The molecule has 6 heteroatoms. The van der Waals surface area contributed by atoms with Crippen molar-refractivity contribution in [2.45, 2.75) is 7.43 Å². The summed E-state index contributed by atoms with van der Waals surface area (Å²) in [5.41, 5.74) is 0. The van der Waals surface area contributed by atoms with Gasteiger partial charge < -0.3 is 0 Å². The summed E-state index contributed by atoms with van der Waals surface area (Å²) in [6, 6.07) is 24.0. The molecule has 2 aromatic carbocycles. The van der Waals surface area contributed by atoms with E-state index < -0.39 is 0 Å². The summed E-state index contributed by atoms with van der Waals surface area (Å²) >= 11 is 0. The van der Waals surface area contributed by atoms with E-state index in [0.717, 1.165) is 18.2 Å². The van der Waals surface area contributed by atoms with Gasteiger partial charge in [-0.2, -0.15) is 0 Å². The van der Waals surface area contributed by atoms with Crippen LogP contribution in [0.4, 0.5) is 0 Å². The molecule has 6 nitrogen and oxygen atoms in total. The highest BCUT2D eigenvalue weighted by atomic mass is 16.1. The van der Waals surface area contributed by atoms with Gasteiger partial charge in [0.1, 0.15) is 0 Å². The topological polar surface area (TPSA) is 123 Å². The zero-order valence-electron chi connectivity index (χ0n) is 11.2. The van der Waals surface area contributed by atoms with E-state index in [9.17, 15) is 0 Å². The van der Waals surface area contributed by atoms with Crippen LogP contribution in [-0.4, -0.2) is 18.2 Å². The van der Waals surface area contributed by atoms with Gasteiger partial charge in [-0.3, -0.25) is 0 Å². The maximum atomic E-state index is 8.35. The van der Waals surface area contributed by atoms with Crippen molar-refractivity contribution in [2.24, 2.45) is 0 Å². The molecule has 0 aliphatic rings. The molecule has 0 fully saturated rings. The maximum Gasteiger partial charge on any atom is 0.231 e. The third kappa shape index (κ3) is 54.7. The van der Waals surface area contributed by atoms with Gasteiger partial charge in [0.15, 0.2) is 0 Å². The summed E-state index contributed by atoms with van der Waals surface area (Å²) < 4.78 is 0. The van der Waals surface area contributed by atoms with Crippen molar-refractivity contribution in [1.82, 2.24) is 0 Å². The molecule has 0 aliphatic heterocycles. The van der Waals surface area contributed by atoms with E-state index >= 15 is 0 Å². The molecule has 2 rings (SSSR count). The van der Waals surface area contributed by atoms with E-state index in [4.69, 9.17) is 30.6 Å². The molecule has 0 radical (unpaired) electrons. The zero-order chi connectivity index (χ0) is 16.6. The second-order valence-electron chi connectivity index (χ2n) is 2.62. The van der Waals surface area contributed by atoms with Crippen LogP contribution in [0.5, 0.6) is 0 Å². The van der Waals surface area contributed by atoms with Crippen LogP contribution >= 0.6 is 0 Å². The molecule has 0 bridgehead atoms. The van der Waals surface area contributed by atoms with Gasteiger partial charge >= 0.3 is 0 Å². The molecule has 0 saturated heterocycles. The van der Waals surface area contributed by atoms with Crippen LogP contribution in [-0.2, 0) is 14.4 Å². The van der Waals surface area contributed by atoms with E-state index in [0.29, 0.717) is 0 Å². The first-order valence-electron chi connectivity index (χ1n) is 5.36. The Morgan fingerprint density at radius 1 is 0.409 bits per heavy atom. The lowest BCUT2D eigenvalue weighted by molar-refractivity contribution is 0.562. The summed E-state index contributed by atoms with van der Waals surface area (Å²) in [4.78, 5) is 25.0. The fraction of sp³-hybridized carbons (Fsp3) is 0.0625. The Hall–Kier alpha value is -3.42. The Balaban J connectivity index is -0.0000000959. The second kappa shape index (κ2) is 36.0. The van der Waals surface area contributed by atoms with E-state index in [1.165, 1.54) is 0 Å². The molecule has 0 heterocycles. The van der Waals surface area contributed by atoms with Gasteiger partial charge in [-0.15, -0.1) is 0 Å². The van der Waals surface area contributed by atoms with Gasteiger partial charge in [-0.05, 0) is 0 Å². The normalized spacial score (nSPS) is 5.45. The first kappa shape index (κ1) is 27.0. The highest BCUT2D eigenvalue weighted by molar-refractivity contribution is 5.26. The summed E-state index contributed by atoms with van der Waals surface area (Å²) in [5, 5.41) is 16.2. The monoisotopic (exact) mass is 301 g/mol. The average Bonchev–Trinajstić information content (AvgIpc) is 2.54. The molecule has 22 heavy (non-hydrogen) atoms.